The molecule has 2 unspecified atom stereocenters. The summed E-state index contributed by atoms with van der Waals surface area (Å²) in [5, 5.41) is 0. The number of rotatable bonds is 7. The van der Waals surface area contributed by atoms with E-state index in [1.807, 2.05) is 6.92 Å². The van der Waals surface area contributed by atoms with Gasteiger partial charge in [0.25, 0.3) is 5.92 Å². The summed E-state index contributed by atoms with van der Waals surface area (Å²) in [6.45, 7) is 5.88. The first-order valence-corrected chi connectivity index (χ1v) is 6.76. The van der Waals surface area contributed by atoms with Crippen molar-refractivity contribution in [3.05, 3.63) is 12.2 Å². The summed E-state index contributed by atoms with van der Waals surface area (Å²) in [7, 11) is 0. The first-order valence-electron chi connectivity index (χ1n) is 6.76. The molecule has 0 aromatic carbocycles. The fraction of sp³-hybridized carbons (Fsp3) is 0.857. The molecule has 0 spiro atoms. The van der Waals surface area contributed by atoms with E-state index >= 15 is 0 Å². The average molecular weight is 262 g/mol. The molecule has 2 nitrogen and oxygen atoms in total. The Morgan fingerprint density at radius 1 is 1.22 bits per heavy atom. The van der Waals surface area contributed by atoms with Crippen molar-refractivity contribution in [1.29, 1.82) is 0 Å². The summed E-state index contributed by atoms with van der Waals surface area (Å²) in [5.41, 5.74) is 0. The van der Waals surface area contributed by atoms with Gasteiger partial charge in [0.2, 0.25) is 0 Å². The largest absolute Gasteiger partial charge is 0.376 e. The lowest BCUT2D eigenvalue weighted by Gasteiger charge is -2.19. The highest BCUT2D eigenvalue weighted by molar-refractivity contribution is 4.96. The van der Waals surface area contributed by atoms with Crippen LogP contribution in [0.15, 0.2) is 12.2 Å². The molecule has 0 aromatic heterocycles. The van der Waals surface area contributed by atoms with Gasteiger partial charge in [0.05, 0.1) is 18.8 Å². The molecule has 0 radical (unpaired) electrons. The Morgan fingerprint density at radius 2 is 1.83 bits per heavy atom. The van der Waals surface area contributed by atoms with Gasteiger partial charge < -0.3 is 9.47 Å². The van der Waals surface area contributed by atoms with Crippen molar-refractivity contribution in [3.63, 3.8) is 0 Å². The molecule has 0 heterocycles. The molecule has 2 atom stereocenters. The predicted octanol–water partition coefficient (Wildman–Crippen LogP) is 3.81. The molecule has 0 amide bonds. The highest BCUT2D eigenvalue weighted by atomic mass is 19.3. The van der Waals surface area contributed by atoms with E-state index in [2.05, 4.69) is 0 Å². The predicted molar refractivity (Wildman–Crippen MR) is 67.9 cm³/mol. The van der Waals surface area contributed by atoms with Gasteiger partial charge in [0, 0.05) is 12.5 Å². The Hall–Kier alpha value is -0.480. The van der Waals surface area contributed by atoms with Crippen LogP contribution in [0.5, 0.6) is 0 Å². The van der Waals surface area contributed by atoms with Crippen LogP contribution in [0.2, 0.25) is 0 Å². The van der Waals surface area contributed by atoms with Crippen LogP contribution < -0.4 is 0 Å². The number of halogens is 2. The number of ether oxygens (including phenoxy) is 2. The fourth-order valence-electron chi connectivity index (χ4n) is 2.06. The summed E-state index contributed by atoms with van der Waals surface area (Å²) in [6.07, 6.45) is 5.60. The molecule has 0 bridgehead atoms. The minimum atomic E-state index is -2.75. The molecule has 1 aliphatic carbocycles. The fourth-order valence-corrected chi connectivity index (χ4v) is 2.06. The van der Waals surface area contributed by atoms with Gasteiger partial charge in [-0.05, 0) is 32.3 Å². The molecular formula is C14H24F2O2. The molecule has 0 aromatic rings. The van der Waals surface area contributed by atoms with Crippen molar-refractivity contribution in [2.75, 3.05) is 13.2 Å². The lowest BCUT2D eigenvalue weighted by molar-refractivity contribution is -0.0452. The zero-order valence-electron chi connectivity index (χ0n) is 11.5. The number of allylic oxidation sites excluding steroid dienone is 1. The zero-order chi connectivity index (χ0) is 13.6. The van der Waals surface area contributed by atoms with Crippen molar-refractivity contribution in [2.45, 2.75) is 58.2 Å². The zero-order valence-corrected chi connectivity index (χ0v) is 11.5. The lowest BCUT2D eigenvalue weighted by Crippen LogP contribution is -2.26. The van der Waals surface area contributed by atoms with Gasteiger partial charge >= 0.3 is 0 Å². The molecule has 18 heavy (non-hydrogen) atoms. The maximum Gasteiger partial charge on any atom is 0.268 e. The van der Waals surface area contributed by atoms with Gasteiger partial charge in [-0.2, -0.15) is 0 Å². The van der Waals surface area contributed by atoms with E-state index in [9.17, 15) is 8.78 Å². The number of hydrogen-bond acceptors (Lipinski definition) is 2. The third-order valence-corrected chi connectivity index (χ3v) is 3.29. The summed E-state index contributed by atoms with van der Waals surface area (Å²) in [4.78, 5) is 0. The van der Waals surface area contributed by atoms with Gasteiger partial charge in [0.1, 0.15) is 0 Å². The summed E-state index contributed by atoms with van der Waals surface area (Å²) in [6, 6.07) is 0. The van der Waals surface area contributed by atoms with Gasteiger partial charge in [-0.25, -0.2) is 8.78 Å². The highest BCUT2D eigenvalue weighted by Crippen LogP contribution is 2.26. The second kappa shape index (κ2) is 7.19. The van der Waals surface area contributed by atoms with Gasteiger partial charge in [0.15, 0.2) is 0 Å². The van der Waals surface area contributed by atoms with E-state index in [0.29, 0.717) is 6.61 Å². The molecule has 1 aliphatic rings. The van der Waals surface area contributed by atoms with E-state index in [1.54, 1.807) is 0 Å². The SMILES string of the molecule is CCOC1CCCC1OC/C=C/C(F)(F)C(C)C. The van der Waals surface area contributed by atoms with Crippen molar-refractivity contribution in [3.8, 4) is 0 Å². The Bertz CT molecular complexity index is 265. The average Bonchev–Trinajstić information content (AvgIpc) is 2.72. The molecular weight excluding hydrogens is 238 g/mol. The summed E-state index contributed by atoms with van der Waals surface area (Å²) in [5.74, 6) is -3.44. The molecule has 4 heteroatoms. The van der Waals surface area contributed by atoms with Gasteiger partial charge in [-0.15, -0.1) is 0 Å². The van der Waals surface area contributed by atoms with Crippen LogP contribution >= 0.6 is 0 Å². The Morgan fingerprint density at radius 3 is 2.39 bits per heavy atom. The van der Waals surface area contributed by atoms with Crippen LogP contribution in [0.1, 0.15) is 40.0 Å². The Balaban J connectivity index is 2.31. The Labute approximate surface area is 108 Å². The van der Waals surface area contributed by atoms with Crippen molar-refractivity contribution >= 4 is 0 Å². The highest BCUT2D eigenvalue weighted by Gasteiger charge is 2.30. The first kappa shape index (κ1) is 15.6. The number of hydrogen-bond donors (Lipinski definition) is 0. The third kappa shape index (κ3) is 4.65. The summed E-state index contributed by atoms with van der Waals surface area (Å²) >= 11 is 0. The smallest absolute Gasteiger partial charge is 0.268 e. The Kier molecular flexibility index (Phi) is 6.22. The second-order valence-corrected chi connectivity index (χ2v) is 5.03. The topological polar surface area (TPSA) is 18.5 Å². The maximum atomic E-state index is 13.3. The molecule has 1 fully saturated rings. The van der Waals surface area contributed by atoms with Crippen molar-refractivity contribution < 1.29 is 18.3 Å². The van der Waals surface area contributed by atoms with Crippen LogP contribution in [0.3, 0.4) is 0 Å². The molecule has 1 saturated carbocycles. The van der Waals surface area contributed by atoms with Crippen LogP contribution in [0.4, 0.5) is 8.78 Å². The van der Waals surface area contributed by atoms with Crippen molar-refractivity contribution in [2.24, 2.45) is 5.92 Å². The molecule has 0 saturated heterocycles. The van der Waals surface area contributed by atoms with E-state index < -0.39 is 11.8 Å². The number of alkyl halides is 2. The lowest BCUT2D eigenvalue weighted by atomic mass is 10.1. The van der Waals surface area contributed by atoms with Crippen LogP contribution in [0.25, 0.3) is 0 Å². The van der Waals surface area contributed by atoms with Crippen molar-refractivity contribution in [1.82, 2.24) is 0 Å². The van der Waals surface area contributed by atoms with Crippen LogP contribution in [0, 0.1) is 5.92 Å². The van der Waals surface area contributed by atoms with Crippen LogP contribution in [-0.4, -0.2) is 31.3 Å². The minimum Gasteiger partial charge on any atom is -0.376 e. The van der Waals surface area contributed by atoms with E-state index in [0.717, 1.165) is 25.3 Å². The quantitative estimate of drug-likeness (QED) is 0.650. The van der Waals surface area contributed by atoms with Gasteiger partial charge in [-0.3, -0.25) is 0 Å². The maximum absolute atomic E-state index is 13.3. The standard InChI is InChI=1S/C14H24F2O2/c1-4-17-12-7-5-8-13(12)18-10-6-9-14(15,16)11(2)3/h6,9,11-13H,4-5,7-8,10H2,1-3H3/b9-6+. The first-order chi connectivity index (χ1) is 8.47. The molecule has 0 aliphatic heterocycles. The van der Waals surface area contributed by atoms with E-state index in [4.69, 9.17) is 9.47 Å². The van der Waals surface area contributed by atoms with Gasteiger partial charge in [-0.1, -0.05) is 19.9 Å². The monoisotopic (exact) mass is 262 g/mol. The second-order valence-electron chi connectivity index (χ2n) is 5.03. The van der Waals surface area contributed by atoms with Crippen LogP contribution in [-0.2, 0) is 9.47 Å². The molecule has 106 valence electrons. The third-order valence-electron chi connectivity index (χ3n) is 3.29. The molecule has 0 N–H and O–H groups in total. The van der Waals surface area contributed by atoms with E-state index in [1.165, 1.54) is 19.9 Å². The normalized spacial score (nSPS) is 25.4. The minimum absolute atomic E-state index is 0.0577. The molecule has 1 rings (SSSR count). The van der Waals surface area contributed by atoms with E-state index in [-0.39, 0.29) is 18.8 Å². The summed E-state index contributed by atoms with van der Waals surface area (Å²) < 4.78 is 37.7.